The fourth-order valence-corrected chi connectivity index (χ4v) is 2.05. The van der Waals surface area contributed by atoms with Gasteiger partial charge in [0.05, 0.1) is 0 Å². The molecule has 0 aliphatic heterocycles. The second-order valence-electron chi connectivity index (χ2n) is 5.37. The summed E-state index contributed by atoms with van der Waals surface area (Å²) in [6.07, 6.45) is 3.71. The van der Waals surface area contributed by atoms with Crippen LogP contribution in [0.3, 0.4) is 0 Å². The van der Waals surface area contributed by atoms with Gasteiger partial charge in [-0.25, -0.2) is 8.78 Å². The summed E-state index contributed by atoms with van der Waals surface area (Å²) in [7, 11) is 0. The molecule has 14 heavy (non-hydrogen) atoms. The number of unbranched alkanes of at least 4 members (excludes halogenated alkanes) is 2. The lowest BCUT2D eigenvalue weighted by Crippen LogP contribution is -2.35. The third-order valence-electron chi connectivity index (χ3n) is 2.75. The molecule has 0 aromatic heterocycles. The third kappa shape index (κ3) is 4.92. The average molecular weight is 206 g/mol. The fraction of sp³-hybridized carbons (Fsp3) is 1.00. The summed E-state index contributed by atoms with van der Waals surface area (Å²) >= 11 is 0. The third-order valence-corrected chi connectivity index (χ3v) is 2.75. The van der Waals surface area contributed by atoms with Gasteiger partial charge in [0.1, 0.15) is 0 Å². The van der Waals surface area contributed by atoms with Crippen molar-refractivity contribution >= 4 is 0 Å². The Morgan fingerprint density at radius 1 is 1.00 bits per heavy atom. The molecule has 0 nitrogen and oxygen atoms in total. The maximum absolute atomic E-state index is 13.3. The molecule has 1 atom stereocenters. The lowest BCUT2D eigenvalue weighted by molar-refractivity contribution is -0.0859. The van der Waals surface area contributed by atoms with Crippen LogP contribution in [0.25, 0.3) is 0 Å². The van der Waals surface area contributed by atoms with Crippen molar-refractivity contribution in [1.29, 1.82) is 0 Å². The summed E-state index contributed by atoms with van der Waals surface area (Å²) in [6, 6.07) is 0. The summed E-state index contributed by atoms with van der Waals surface area (Å²) in [5.41, 5.74) is -0.300. The Bertz CT molecular complexity index is 137. The number of hydrogen-bond acceptors (Lipinski definition) is 0. The summed E-state index contributed by atoms with van der Waals surface area (Å²) < 4.78 is 26.6. The molecular weight excluding hydrogens is 182 g/mol. The number of rotatable bonds is 5. The summed E-state index contributed by atoms with van der Waals surface area (Å²) in [4.78, 5) is 0. The van der Waals surface area contributed by atoms with Crippen LogP contribution >= 0.6 is 0 Å². The van der Waals surface area contributed by atoms with Gasteiger partial charge in [0.15, 0.2) is 0 Å². The second kappa shape index (κ2) is 5.09. The van der Waals surface area contributed by atoms with Gasteiger partial charge in [0, 0.05) is 5.92 Å². The SMILES string of the molecule is CCCCCC(C(C)(C)C)C(C)(F)F. The topological polar surface area (TPSA) is 0 Å². The van der Waals surface area contributed by atoms with Crippen LogP contribution < -0.4 is 0 Å². The summed E-state index contributed by atoms with van der Waals surface area (Å²) in [5, 5.41) is 0. The maximum atomic E-state index is 13.3. The first-order valence-electron chi connectivity index (χ1n) is 5.57. The molecule has 0 aliphatic rings. The Morgan fingerprint density at radius 2 is 1.50 bits per heavy atom. The van der Waals surface area contributed by atoms with Gasteiger partial charge in [-0.3, -0.25) is 0 Å². The van der Waals surface area contributed by atoms with Crippen molar-refractivity contribution in [2.45, 2.75) is 66.2 Å². The second-order valence-corrected chi connectivity index (χ2v) is 5.37. The molecular formula is C12H24F2. The highest BCUT2D eigenvalue weighted by atomic mass is 19.3. The van der Waals surface area contributed by atoms with Crippen molar-refractivity contribution in [1.82, 2.24) is 0 Å². The first-order chi connectivity index (χ1) is 6.19. The van der Waals surface area contributed by atoms with Crippen LogP contribution in [0.1, 0.15) is 60.3 Å². The number of halogens is 2. The molecule has 0 aromatic carbocycles. The Morgan fingerprint density at radius 3 is 1.79 bits per heavy atom. The van der Waals surface area contributed by atoms with Gasteiger partial charge in [-0.15, -0.1) is 0 Å². The van der Waals surface area contributed by atoms with Gasteiger partial charge in [-0.1, -0.05) is 47.0 Å². The standard InChI is InChI=1S/C12H24F2/c1-6-7-8-9-10(11(2,3)4)12(5,13)14/h10H,6-9H2,1-5H3. The minimum Gasteiger partial charge on any atom is -0.207 e. The zero-order valence-corrected chi connectivity index (χ0v) is 10.2. The van der Waals surface area contributed by atoms with Gasteiger partial charge in [0.25, 0.3) is 0 Å². The van der Waals surface area contributed by atoms with Crippen LogP contribution in [-0.2, 0) is 0 Å². The van der Waals surface area contributed by atoms with E-state index in [0.717, 1.165) is 26.2 Å². The van der Waals surface area contributed by atoms with E-state index in [1.165, 1.54) is 0 Å². The molecule has 86 valence electrons. The zero-order chi connectivity index (χ0) is 11.4. The predicted molar refractivity (Wildman–Crippen MR) is 57.7 cm³/mol. The smallest absolute Gasteiger partial charge is 0.207 e. The van der Waals surface area contributed by atoms with Crippen molar-refractivity contribution in [2.24, 2.45) is 11.3 Å². The first kappa shape index (κ1) is 13.9. The van der Waals surface area contributed by atoms with Gasteiger partial charge in [0.2, 0.25) is 5.92 Å². The highest BCUT2D eigenvalue weighted by molar-refractivity contribution is 4.82. The number of hydrogen-bond donors (Lipinski definition) is 0. The minimum atomic E-state index is -2.55. The molecule has 1 unspecified atom stereocenters. The lowest BCUT2D eigenvalue weighted by atomic mass is 9.74. The molecule has 0 spiro atoms. The van der Waals surface area contributed by atoms with E-state index in [2.05, 4.69) is 6.92 Å². The summed E-state index contributed by atoms with van der Waals surface area (Å²) in [6.45, 7) is 8.86. The normalized spacial score (nSPS) is 15.6. The molecule has 0 bridgehead atoms. The molecule has 0 amide bonds. The summed E-state index contributed by atoms with van der Waals surface area (Å²) in [5.74, 6) is -3.05. The molecule has 0 radical (unpaired) electrons. The van der Waals surface area contributed by atoms with Crippen LogP contribution in [0.2, 0.25) is 0 Å². The van der Waals surface area contributed by atoms with Gasteiger partial charge in [-0.05, 0) is 18.8 Å². The predicted octanol–water partition coefficient (Wildman–Crippen LogP) is 4.88. The van der Waals surface area contributed by atoms with E-state index in [1.54, 1.807) is 0 Å². The highest BCUT2D eigenvalue weighted by Crippen LogP contribution is 2.41. The molecule has 0 saturated heterocycles. The van der Waals surface area contributed by atoms with Gasteiger partial charge >= 0.3 is 0 Å². The molecule has 0 heterocycles. The van der Waals surface area contributed by atoms with E-state index in [0.29, 0.717) is 6.42 Å². The van der Waals surface area contributed by atoms with Crippen molar-refractivity contribution in [2.75, 3.05) is 0 Å². The Labute approximate surface area is 87.1 Å². The molecule has 0 saturated carbocycles. The van der Waals surface area contributed by atoms with Crippen LogP contribution in [0.4, 0.5) is 8.78 Å². The van der Waals surface area contributed by atoms with Crippen LogP contribution in [0.5, 0.6) is 0 Å². The fourth-order valence-electron chi connectivity index (χ4n) is 2.05. The average Bonchev–Trinajstić information content (AvgIpc) is 1.92. The molecule has 2 heteroatoms. The van der Waals surface area contributed by atoms with E-state index in [-0.39, 0.29) is 5.41 Å². The van der Waals surface area contributed by atoms with E-state index >= 15 is 0 Å². The number of alkyl halides is 2. The maximum Gasteiger partial charge on any atom is 0.248 e. The molecule has 0 fully saturated rings. The van der Waals surface area contributed by atoms with Crippen LogP contribution in [0, 0.1) is 11.3 Å². The minimum absolute atomic E-state index is 0.300. The lowest BCUT2D eigenvalue weighted by Gasteiger charge is -2.35. The monoisotopic (exact) mass is 206 g/mol. The molecule has 0 aromatic rings. The Hall–Kier alpha value is -0.140. The van der Waals surface area contributed by atoms with Crippen molar-refractivity contribution < 1.29 is 8.78 Å². The van der Waals surface area contributed by atoms with Crippen molar-refractivity contribution in [3.05, 3.63) is 0 Å². The van der Waals surface area contributed by atoms with Gasteiger partial charge in [-0.2, -0.15) is 0 Å². The van der Waals surface area contributed by atoms with Gasteiger partial charge < -0.3 is 0 Å². The quantitative estimate of drug-likeness (QED) is 0.562. The van der Waals surface area contributed by atoms with Crippen LogP contribution in [0.15, 0.2) is 0 Å². The van der Waals surface area contributed by atoms with E-state index in [4.69, 9.17) is 0 Å². The Balaban J connectivity index is 4.28. The van der Waals surface area contributed by atoms with E-state index in [1.807, 2.05) is 20.8 Å². The molecule has 0 N–H and O–H groups in total. The van der Waals surface area contributed by atoms with Crippen molar-refractivity contribution in [3.8, 4) is 0 Å². The molecule has 0 rings (SSSR count). The van der Waals surface area contributed by atoms with Crippen LogP contribution in [-0.4, -0.2) is 5.92 Å². The van der Waals surface area contributed by atoms with E-state index < -0.39 is 11.8 Å². The largest absolute Gasteiger partial charge is 0.248 e. The Kier molecular flexibility index (Phi) is 5.03. The highest BCUT2D eigenvalue weighted by Gasteiger charge is 2.41. The molecule has 0 aliphatic carbocycles. The first-order valence-corrected chi connectivity index (χ1v) is 5.57. The van der Waals surface area contributed by atoms with Crippen molar-refractivity contribution in [3.63, 3.8) is 0 Å². The van der Waals surface area contributed by atoms with E-state index in [9.17, 15) is 8.78 Å². The zero-order valence-electron chi connectivity index (χ0n) is 10.2.